The number of aromatic carboxylic acids is 1. The zero-order valence-corrected chi connectivity index (χ0v) is 10.4. The van der Waals surface area contributed by atoms with Crippen molar-refractivity contribution in [2.24, 2.45) is 0 Å². The average Bonchev–Trinajstić information content (AvgIpc) is 2.43. The molecule has 2 rings (SSSR count). The van der Waals surface area contributed by atoms with Gasteiger partial charge in [0.05, 0.1) is 23.1 Å². The van der Waals surface area contributed by atoms with E-state index in [-0.39, 0.29) is 5.69 Å². The van der Waals surface area contributed by atoms with Crippen molar-refractivity contribution in [3.63, 3.8) is 0 Å². The van der Waals surface area contributed by atoms with Crippen molar-refractivity contribution in [3.8, 4) is 0 Å². The molecule has 6 nitrogen and oxygen atoms in total. The van der Waals surface area contributed by atoms with Gasteiger partial charge < -0.3 is 15.7 Å². The van der Waals surface area contributed by atoms with E-state index in [0.717, 1.165) is 0 Å². The molecule has 1 aromatic carbocycles. The summed E-state index contributed by atoms with van der Waals surface area (Å²) in [5.74, 6) is -4.08. The largest absolute Gasteiger partial charge is 0.478 e. The van der Waals surface area contributed by atoms with E-state index in [2.05, 4.69) is 15.6 Å². The van der Waals surface area contributed by atoms with Crippen molar-refractivity contribution >= 4 is 23.4 Å². The molecule has 2 amide bonds. The van der Waals surface area contributed by atoms with Crippen LogP contribution in [0.4, 0.5) is 25.0 Å². The summed E-state index contributed by atoms with van der Waals surface area (Å²) in [5.41, 5.74) is -0.563. The third kappa shape index (κ3) is 3.50. The lowest BCUT2D eigenvalue weighted by molar-refractivity contribution is 0.0697. The van der Waals surface area contributed by atoms with E-state index in [0.29, 0.717) is 17.8 Å². The van der Waals surface area contributed by atoms with E-state index in [4.69, 9.17) is 5.11 Å². The van der Waals surface area contributed by atoms with Crippen LogP contribution in [0.2, 0.25) is 0 Å². The molecule has 1 heterocycles. The summed E-state index contributed by atoms with van der Waals surface area (Å²) < 4.78 is 26.2. The Labute approximate surface area is 117 Å². The quantitative estimate of drug-likeness (QED) is 0.811. The van der Waals surface area contributed by atoms with Gasteiger partial charge in [0.2, 0.25) is 0 Å². The number of nitrogens with zero attached hydrogens (tertiary/aromatic N) is 1. The Balaban J connectivity index is 2.21. The SMILES string of the molecule is O=C(Nc1cccnc1)Nc1cc(F)c(F)cc1C(=O)O. The molecule has 8 heteroatoms. The third-order valence-electron chi connectivity index (χ3n) is 2.46. The van der Waals surface area contributed by atoms with Gasteiger partial charge >= 0.3 is 12.0 Å². The van der Waals surface area contributed by atoms with Gasteiger partial charge in [0.25, 0.3) is 0 Å². The molecule has 21 heavy (non-hydrogen) atoms. The molecule has 0 saturated carbocycles. The molecular weight excluding hydrogens is 284 g/mol. The van der Waals surface area contributed by atoms with Gasteiger partial charge in [-0.05, 0) is 18.2 Å². The Morgan fingerprint density at radius 1 is 1.14 bits per heavy atom. The summed E-state index contributed by atoms with van der Waals surface area (Å²) in [5, 5.41) is 13.4. The summed E-state index contributed by atoms with van der Waals surface area (Å²) in [6.45, 7) is 0. The van der Waals surface area contributed by atoms with E-state index in [1.54, 1.807) is 12.1 Å². The molecule has 0 atom stereocenters. The highest BCUT2D eigenvalue weighted by atomic mass is 19.2. The number of nitrogens with one attached hydrogen (secondary N) is 2. The lowest BCUT2D eigenvalue weighted by Crippen LogP contribution is -2.21. The number of benzene rings is 1. The highest BCUT2D eigenvalue weighted by Crippen LogP contribution is 2.20. The third-order valence-corrected chi connectivity index (χ3v) is 2.46. The number of halogens is 2. The molecule has 0 unspecified atom stereocenters. The Morgan fingerprint density at radius 3 is 2.48 bits per heavy atom. The van der Waals surface area contributed by atoms with Crippen LogP contribution in [-0.2, 0) is 0 Å². The van der Waals surface area contributed by atoms with Crippen LogP contribution in [0, 0.1) is 11.6 Å². The molecule has 0 aliphatic heterocycles. The topological polar surface area (TPSA) is 91.3 Å². The second-order valence-electron chi connectivity index (χ2n) is 3.94. The number of carboxylic acid groups (broad SMARTS) is 1. The smallest absolute Gasteiger partial charge is 0.337 e. The molecule has 1 aromatic heterocycles. The van der Waals surface area contributed by atoms with Gasteiger partial charge in [-0.25, -0.2) is 18.4 Å². The predicted molar refractivity (Wildman–Crippen MR) is 70.2 cm³/mol. The number of carbonyl (C=O) groups is 2. The first kappa shape index (κ1) is 14.4. The minimum atomic E-state index is -1.49. The van der Waals surface area contributed by atoms with E-state index >= 15 is 0 Å². The minimum absolute atomic E-state index is 0.356. The summed E-state index contributed by atoms with van der Waals surface area (Å²) in [6, 6.07) is 3.42. The van der Waals surface area contributed by atoms with Gasteiger partial charge in [-0.1, -0.05) is 0 Å². The van der Waals surface area contributed by atoms with Crippen molar-refractivity contribution < 1.29 is 23.5 Å². The Hall–Kier alpha value is -3.03. The number of amides is 2. The number of hydrogen-bond donors (Lipinski definition) is 3. The normalized spacial score (nSPS) is 10.0. The van der Waals surface area contributed by atoms with Gasteiger partial charge in [0.1, 0.15) is 0 Å². The van der Waals surface area contributed by atoms with Gasteiger partial charge in [0.15, 0.2) is 11.6 Å². The zero-order chi connectivity index (χ0) is 15.4. The van der Waals surface area contributed by atoms with Crippen LogP contribution in [0.25, 0.3) is 0 Å². The molecule has 0 fully saturated rings. The van der Waals surface area contributed by atoms with E-state index < -0.39 is 29.2 Å². The maximum absolute atomic E-state index is 13.2. The van der Waals surface area contributed by atoms with Crippen LogP contribution in [-0.4, -0.2) is 22.1 Å². The predicted octanol–water partition coefficient (Wildman–Crippen LogP) is 2.70. The van der Waals surface area contributed by atoms with Crippen LogP contribution in [0.15, 0.2) is 36.7 Å². The highest BCUT2D eigenvalue weighted by Gasteiger charge is 2.17. The molecule has 0 spiro atoms. The first-order chi connectivity index (χ1) is 9.97. The molecule has 2 aromatic rings. The van der Waals surface area contributed by atoms with Crippen LogP contribution >= 0.6 is 0 Å². The second-order valence-corrected chi connectivity index (χ2v) is 3.94. The minimum Gasteiger partial charge on any atom is -0.478 e. The fourth-order valence-electron chi connectivity index (χ4n) is 1.55. The fourth-order valence-corrected chi connectivity index (χ4v) is 1.55. The number of rotatable bonds is 3. The first-order valence-corrected chi connectivity index (χ1v) is 5.67. The van der Waals surface area contributed by atoms with Crippen molar-refractivity contribution in [2.45, 2.75) is 0 Å². The van der Waals surface area contributed by atoms with Crippen LogP contribution in [0.5, 0.6) is 0 Å². The number of aromatic nitrogens is 1. The summed E-state index contributed by atoms with van der Waals surface area (Å²) in [7, 11) is 0. The van der Waals surface area contributed by atoms with Gasteiger partial charge in [-0.3, -0.25) is 4.98 Å². The highest BCUT2D eigenvalue weighted by molar-refractivity contribution is 6.04. The van der Waals surface area contributed by atoms with Crippen molar-refractivity contribution in [2.75, 3.05) is 10.6 Å². The number of carboxylic acids is 1. The summed E-state index contributed by atoms with van der Waals surface area (Å²) >= 11 is 0. The van der Waals surface area contributed by atoms with Gasteiger partial charge in [-0.2, -0.15) is 0 Å². The summed E-state index contributed by atoms with van der Waals surface area (Å²) in [6.07, 6.45) is 2.86. The van der Waals surface area contributed by atoms with Gasteiger partial charge in [0, 0.05) is 12.3 Å². The number of pyridine rings is 1. The molecule has 108 valence electrons. The monoisotopic (exact) mass is 293 g/mol. The van der Waals surface area contributed by atoms with Crippen molar-refractivity contribution in [3.05, 3.63) is 53.9 Å². The van der Waals surface area contributed by atoms with E-state index in [1.807, 2.05) is 0 Å². The molecular formula is C13H9F2N3O3. The zero-order valence-electron chi connectivity index (χ0n) is 10.4. The number of carbonyl (C=O) groups excluding carboxylic acids is 1. The average molecular weight is 293 g/mol. The molecule has 0 radical (unpaired) electrons. The fraction of sp³-hybridized carbons (Fsp3) is 0. The van der Waals surface area contributed by atoms with E-state index in [9.17, 15) is 18.4 Å². The maximum Gasteiger partial charge on any atom is 0.337 e. The lowest BCUT2D eigenvalue weighted by Gasteiger charge is -2.10. The van der Waals surface area contributed by atoms with Crippen molar-refractivity contribution in [1.82, 2.24) is 4.98 Å². The first-order valence-electron chi connectivity index (χ1n) is 5.67. The second kappa shape index (κ2) is 5.95. The van der Waals surface area contributed by atoms with Crippen LogP contribution < -0.4 is 10.6 Å². The Morgan fingerprint density at radius 2 is 1.86 bits per heavy atom. The molecule has 0 aliphatic rings. The molecule has 3 N–H and O–H groups in total. The lowest BCUT2D eigenvalue weighted by atomic mass is 10.1. The van der Waals surface area contributed by atoms with Crippen molar-refractivity contribution in [1.29, 1.82) is 0 Å². The number of urea groups is 1. The molecule has 0 saturated heterocycles. The summed E-state index contributed by atoms with van der Waals surface area (Å²) in [4.78, 5) is 26.4. The van der Waals surface area contributed by atoms with Crippen LogP contribution in [0.3, 0.4) is 0 Å². The number of hydrogen-bond acceptors (Lipinski definition) is 3. The molecule has 0 bridgehead atoms. The standard InChI is InChI=1S/C13H9F2N3O3/c14-9-4-8(12(19)20)11(5-10(9)15)18-13(21)17-7-2-1-3-16-6-7/h1-6H,(H,19,20)(H2,17,18,21). The number of anilines is 2. The Bertz CT molecular complexity index is 693. The molecule has 0 aliphatic carbocycles. The van der Waals surface area contributed by atoms with E-state index in [1.165, 1.54) is 12.4 Å². The maximum atomic E-state index is 13.2. The van der Waals surface area contributed by atoms with Crippen LogP contribution in [0.1, 0.15) is 10.4 Å². The Kier molecular flexibility index (Phi) is 4.07. The van der Waals surface area contributed by atoms with Gasteiger partial charge in [-0.15, -0.1) is 0 Å².